The molecule has 0 unspecified atom stereocenters. The van der Waals surface area contributed by atoms with Crippen molar-refractivity contribution in [3.05, 3.63) is 50.5 Å². The fraction of sp³-hybridized carbons (Fsp3) is 0.267. The van der Waals surface area contributed by atoms with Crippen LogP contribution in [0.5, 0.6) is 0 Å². The van der Waals surface area contributed by atoms with Gasteiger partial charge in [0.25, 0.3) is 5.69 Å². The lowest BCUT2D eigenvalue weighted by atomic mass is 10.1. The SMILES string of the molecule is CCOC(=O)Cc1csc(SCc2ccc(C(N)=O)cc2[N+](=O)[O-])n1. The molecule has 8 nitrogen and oxygen atoms in total. The number of amides is 1. The topological polar surface area (TPSA) is 125 Å². The highest BCUT2D eigenvalue weighted by atomic mass is 32.2. The Labute approximate surface area is 151 Å². The monoisotopic (exact) mass is 381 g/mol. The Balaban J connectivity index is 2.06. The molecule has 1 aromatic carbocycles. The van der Waals surface area contributed by atoms with Crippen molar-refractivity contribution in [2.75, 3.05) is 6.61 Å². The number of nitrogens with zero attached hydrogens (tertiary/aromatic N) is 2. The predicted molar refractivity (Wildman–Crippen MR) is 93.6 cm³/mol. The number of hydrogen-bond donors (Lipinski definition) is 1. The van der Waals surface area contributed by atoms with Gasteiger partial charge in [0.05, 0.1) is 23.6 Å². The highest BCUT2D eigenvalue weighted by molar-refractivity contribution is 8.00. The average Bonchev–Trinajstić information content (AvgIpc) is 3.00. The number of carbonyl (C=O) groups is 2. The van der Waals surface area contributed by atoms with Crippen LogP contribution in [0.3, 0.4) is 0 Å². The Hall–Kier alpha value is -2.46. The second-order valence-corrected chi connectivity index (χ2v) is 6.92. The fourth-order valence-electron chi connectivity index (χ4n) is 1.94. The lowest BCUT2D eigenvalue weighted by molar-refractivity contribution is -0.385. The van der Waals surface area contributed by atoms with Gasteiger partial charge in [-0.15, -0.1) is 11.3 Å². The molecule has 2 N–H and O–H groups in total. The summed E-state index contributed by atoms with van der Waals surface area (Å²) in [6.45, 7) is 2.05. The van der Waals surface area contributed by atoms with Crippen molar-refractivity contribution < 1.29 is 19.2 Å². The predicted octanol–water partition coefficient (Wildman–Crippen LogP) is 2.55. The van der Waals surface area contributed by atoms with Gasteiger partial charge in [-0.3, -0.25) is 19.7 Å². The van der Waals surface area contributed by atoms with Crippen molar-refractivity contribution in [3.8, 4) is 0 Å². The Morgan fingerprint density at radius 2 is 2.20 bits per heavy atom. The molecule has 1 aromatic heterocycles. The van der Waals surface area contributed by atoms with E-state index >= 15 is 0 Å². The quantitative estimate of drug-likeness (QED) is 0.322. The first-order chi connectivity index (χ1) is 11.9. The van der Waals surface area contributed by atoms with Gasteiger partial charge in [-0.1, -0.05) is 17.8 Å². The number of esters is 1. The summed E-state index contributed by atoms with van der Waals surface area (Å²) < 4.78 is 5.55. The molecule has 0 bridgehead atoms. The van der Waals surface area contributed by atoms with E-state index in [1.54, 1.807) is 12.3 Å². The van der Waals surface area contributed by atoms with Crippen molar-refractivity contribution >= 4 is 40.7 Å². The largest absolute Gasteiger partial charge is 0.466 e. The molecule has 0 aliphatic heterocycles. The number of nitrogens with two attached hydrogens (primary N) is 1. The van der Waals surface area contributed by atoms with Crippen molar-refractivity contribution in [1.29, 1.82) is 0 Å². The highest BCUT2D eigenvalue weighted by Gasteiger charge is 2.17. The van der Waals surface area contributed by atoms with E-state index in [-0.39, 0.29) is 23.6 Å². The second kappa shape index (κ2) is 8.58. The molecular formula is C15H15N3O5S2. The Bertz CT molecular complexity index is 806. The maximum atomic E-state index is 11.4. The summed E-state index contributed by atoms with van der Waals surface area (Å²) in [7, 11) is 0. The molecule has 2 aromatic rings. The van der Waals surface area contributed by atoms with Crippen LogP contribution >= 0.6 is 23.1 Å². The fourth-order valence-corrected chi connectivity index (χ4v) is 3.79. The third-order valence-electron chi connectivity index (χ3n) is 3.08. The van der Waals surface area contributed by atoms with E-state index in [0.29, 0.717) is 28.0 Å². The lowest BCUT2D eigenvalue weighted by Crippen LogP contribution is -2.11. The first-order valence-corrected chi connectivity index (χ1v) is 9.07. The molecule has 0 radical (unpaired) electrons. The lowest BCUT2D eigenvalue weighted by Gasteiger charge is -2.03. The van der Waals surface area contributed by atoms with Gasteiger partial charge in [0.15, 0.2) is 0 Å². The molecule has 0 aliphatic rings. The summed E-state index contributed by atoms with van der Waals surface area (Å²) in [6, 6.07) is 4.14. The van der Waals surface area contributed by atoms with E-state index in [2.05, 4.69) is 4.98 Å². The summed E-state index contributed by atoms with van der Waals surface area (Å²) in [5.41, 5.74) is 6.14. The van der Waals surface area contributed by atoms with Crippen LogP contribution in [-0.2, 0) is 21.7 Å². The number of nitro groups is 1. The number of primary amides is 1. The minimum atomic E-state index is -0.717. The van der Waals surface area contributed by atoms with Crippen molar-refractivity contribution in [1.82, 2.24) is 4.98 Å². The van der Waals surface area contributed by atoms with Crippen molar-refractivity contribution in [2.24, 2.45) is 5.73 Å². The molecule has 0 spiro atoms. The van der Waals surface area contributed by atoms with Gasteiger partial charge in [0.1, 0.15) is 4.34 Å². The smallest absolute Gasteiger partial charge is 0.311 e. The van der Waals surface area contributed by atoms with Crippen LogP contribution in [0.25, 0.3) is 0 Å². The average molecular weight is 381 g/mol. The van der Waals surface area contributed by atoms with Crippen LogP contribution < -0.4 is 5.73 Å². The molecule has 25 heavy (non-hydrogen) atoms. The zero-order valence-electron chi connectivity index (χ0n) is 13.3. The van der Waals surface area contributed by atoms with Gasteiger partial charge in [0, 0.05) is 28.3 Å². The van der Waals surface area contributed by atoms with E-state index in [1.165, 1.54) is 41.3 Å². The van der Waals surface area contributed by atoms with Gasteiger partial charge >= 0.3 is 5.97 Å². The van der Waals surface area contributed by atoms with E-state index in [0.717, 1.165) is 0 Å². The van der Waals surface area contributed by atoms with Gasteiger partial charge in [-0.05, 0) is 13.0 Å². The van der Waals surface area contributed by atoms with Crippen molar-refractivity contribution in [2.45, 2.75) is 23.4 Å². The van der Waals surface area contributed by atoms with Crippen LogP contribution in [0.15, 0.2) is 27.9 Å². The number of ether oxygens (including phenoxy) is 1. The number of hydrogen-bond acceptors (Lipinski definition) is 8. The molecule has 1 heterocycles. The summed E-state index contributed by atoms with van der Waals surface area (Å²) in [5.74, 6) is -0.755. The van der Waals surface area contributed by atoms with Crippen LogP contribution in [0.2, 0.25) is 0 Å². The number of aromatic nitrogens is 1. The third-order valence-corrected chi connectivity index (χ3v) is 5.20. The Morgan fingerprint density at radius 1 is 1.44 bits per heavy atom. The van der Waals surface area contributed by atoms with E-state index in [9.17, 15) is 19.7 Å². The molecule has 0 aliphatic carbocycles. The number of thioether (sulfide) groups is 1. The number of rotatable bonds is 8. The van der Waals surface area contributed by atoms with E-state index < -0.39 is 10.8 Å². The number of nitro benzene ring substituents is 1. The van der Waals surface area contributed by atoms with Gasteiger partial charge in [-0.2, -0.15) is 0 Å². The maximum Gasteiger partial charge on any atom is 0.311 e. The summed E-state index contributed by atoms with van der Waals surface area (Å²) >= 11 is 2.67. The van der Waals surface area contributed by atoms with Crippen LogP contribution in [-0.4, -0.2) is 28.4 Å². The zero-order chi connectivity index (χ0) is 18.4. The van der Waals surface area contributed by atoms with E-state index in [1.807, 2.05) is 0 Å². The van der Waals surface area contributed by atoms with Crippen LogP contribution in [0.1, 0.15) is 28.5 Å². The molecule has 0 atom stereocenters. The number of benzene rings is 1. The molecule has 2 rings (SSSR count). The minimum Gasteiger partial charge on any atom is -0.466 e. The molecule has 0 saturated heterocycles. The zero-order valence-corrected chi connectivity index (χ0v) is 14.9. The highest BCUT2D eigenvalue weighted by Crippen LogP contribution is 2.30. The van der Waals surface area contributed by atoms with Crippen molar-refractivity contribution in [3.63, 3.8) is 0 Å². The first-order valence-electron chi connectivity index (χ1n) is 7.20. The maximum absolute atomic E-state index is 11.4. The normalized spacial score (nSPS) is 10.4. The summed E-state index contributed by atoms with van der Waals surface area (Å²) in [4.78, 5) is 37.5. The van der Waals surface area contributed by atoms with Crippen LogP contribution in [0.4, 0.5) is 5.69 Å². The molecule has 132 valence electrons. The molecule has 10 heteroatoms. The van der Waals surface area contributed by atoms with E-state index in [4.69, 9.17) is 10.5 Å². The Kier molecular flexibility index (Phi) is 6.48. The molecule has 1 amide bonds. The molecular weight excluding hydrogens is 366 g/mol. The van der Waals surface area contributed by atoms with Gasteiger partial charge in [-0.25, -0.2) is 4.98 Å². The number of thiazole rings is 1. The first kappa shape index (κ1) is 18.9. The number of carbonyl (C=O) groups excluding carboxylic acids is 2. The second-order valence-electron chi connectivity index (χ2n) is 4.84. The van der Waals surface area contributed by atoms with Crippen LogP contribution in [0, 0.1) is 10.1 Å². The standard InChI is InChI=1S/C15H15N3O5S2/c1-2-23-13(19)6-11-8-25-15(17-11)24-7-10-4-3-9(14(16)20)5-12(10)18(21)22/h3-5,8H,2,6-7H2,1H3,(H2,16,20). The molecule has 0 saturated carbocycles. The minimum absolute atomic E-state index is 0.0893. The third kappa shape index (κ3) is 5.26. The Morgan fingerprint density at radius 3 is 2.84 bits per heavy atom. The molecule has 0 fully saturated rings. The summed E-state index contributed by atoms with van der Waals surface area (Å²) in [5, 5.41) is 12.9. The van der Waals surface area contributed by atoms with Gasteiger partial charge < -0.3 is 10.5 Å². The van der Waals surface area contributed by atoms with Gasteiger partial charge in [0.2, 0.25) is 5.91 Å². The summed E-state index contributed by atoms with van der Waals surface area (Å²) in [6.07, 6.45) is 0.0956.